The predicted octanol–water partition coefficient (Wildman–Crippen LogP) is 6.81. The monoisotopic (exact) mass is 543 g/mol. The first kappa shape index (κ1) is 28.7. The molecule has 4 rings (SSSR count). The van der Waals surface area contributed by atoms with Gasteiger partial charge >= 0.3 is 0 Å². The molecule has 0 saturated carbocycles. The number of carbonyl (C=O) groups is 2. The Labute approximate surface area is 236 Å². The fourth-order valence-electron chi connectivity index (χ4n) is 4.95. The molecule has 0 bridgehead atoms. The largest absolute Gasteiger partial charge is 0.507 e. The number of ketones is 1. The van der Waals surface area contributed by atoms with Crippen LogP contribution in [0.5, 0.6) is 17.2 Å². The number of benzene rings is 3. The molecule has 1 aliphatic heterocycles. The maximum absolute atomic E-state index is 13.7. The molecule has 3 aromatic carbocycles. The summed E-state index contributed by atoms with van der Waals surface area (Å²) in [4.78, 5) is 28.7. The molecule has 0 aromatic heterocycles. The first-order chi connectivity index (χ1) is 19.1. The quantitative estimate of drug-likeness (QED) is 0.181. The van der Waals surface area contributed by atoms with Crippen molar-refractivity contribution in [1.29, 1.82) is 0 Å². The van der Waals surface area contributed by atoms with Crippen LogP contribution >= 0.6 is 0 Å². The van der Waals surface area contributed by atoms with E-state index in [4.69, 9.17) is 14.2 Å². The zero-order chi connectivity index (χ0) is 29.0. The highest BCUT2D eigenvalue weighted by Gasteiger charge is 2.47. The molecular formula is C33H37NO6. The van der Waals surface area contributed by atoms with Crippen molar-refractivity contribution in [2.75, 3.05) is 24.7 Å². The second kappa shape index (κ2) is 11.9. The number of hydrogen-bond acceptors (Lipinski definition) is 6. The van der Waals surface area contributed by atoms with Gasteiger partial charge in [-0.15, -0.1) is 0 Å². The van der Waals surface area contributed by atoms with E-state index >= 15 is 0 Å². The number of Topliss-reactive ketones (excluding diaryl/α,β-unsaturated/α-hetero) is 1. The summed E-state index contributed by atoms with van der Waals surface area (Å²) in [5.41, 5.74) is 2.14. The highest BCUT2D eigenvalue weighted by Crippen LogP contribution is 2.44. The van der Waals surface area contributed by atoms with Crippen molar-refractivity contribution >= 4 is 23.1 Å². The second-order valence-electron chi connectivity index (χ2n) is 10.5. The lowest BCUT2D eigenvalue weighted by molar-refractivity contribution is -0.132. The van der Waals surface area contributed by atoms with Gasteiger partial charge in [0.05, 0.1) is 31.4 Å². The Bertz CT molecular complexity index is 1430. The number of aliphatic hydroxyl groups excluding tert-OH is 1. The Morgan fingerprint density at radius 3 is 2.08 bits per heavy atom. The third kappa shape index (κ3) is 5.69. The minimum atomic E-state index is -0.887. The lowest BCUT2D eigenvalue weighted by Crippen LogP contribution is -2.29. The van der Waals surface area contributed by atoms with Gasteiger partial charge in [0.1, 0.15) is 23.0 Å². The molecule has 1 N–H and O–H groups in total. The van der Waals surface area contributed by atoms with Crippen molar-refractivity contribution in [1.82, 2.24) is 0 Å². The Kier molecular flexibility index (Phi) is 8.52. The number of ether oxygens (including phenoxy) is 3. The van der Waals surface area contributed by atoms with E-state index in [2.05, 4.69) is 20.8 Å². The van der Waals surface area contributed by atoms with Crippen LogP contribution in [-0.4, -0.2) is 36.6 Å². The maximum Gasteiger partial charge on any atom is 0.300 e. The summed E-state index contributed by atoms with van der Waals surface area (Å²) < 4.78 is 17.2. The molecule has 7 heteroatoms. The topological polar surface area (TPSA) is 85.3 Å². The average Bonchev–Trinajstić information content (AvgIpc) is 3.19. The fraction of sp³-hybridized carbons (Fsp3) is 0.333. The predicted molar refractivity (Wildman–Crippen MR) is 156 cm³/mol. The van der Waals surface area contributed by atoms with Gasteiger partial charge in [0.25, 0.3) is 11.7 Å². The number of anilines is 1. The molecule has 3 aromatic rings. The van der Waals surface area contributed by atoms with Crippen molar-refractivity contribution in [3.8, 4) is 17.2 Å². The van der Waals surface area contributed by atoms with Gasteiger partial charge < -0.3 is 19.3 Å². The van der Waals surface area contributed by atoms with Crippen LogP contribution in [0.1, 0.15) is 64.3 Å². The van der Waals surface area contributed by atoms with Gasteiger partial charge in [-0.3, -0.25) is 14.5 Å². The summed E-state index contributed by atoms with van der Waals surface area (Å²) in [6.45, 7) is 13.2. The molecule has 40 heavy (non-hydrogen) atoms. The van der Waals surface area contributed by atoms with Crippen molar-refractivity contribution in [2.24, 2.45) is 0 Å². The standard InChI is InChI=1S/C33H37NO6/c1-7-38-24-14-10-12-21(18-24)29-28(30(35)22-16-17-27(40-9-3)26(19-22)33(4,5)6)31(36)32(37)34(29)23-13-11-15-25(20-23)39-8-2/h10-20,29,35H,7-9H2,1-6H3/b30-28+. The normalized spacial score (nSPS) is 16.8. The Balaban J connectivity index is 1.95. The molecule has 0 radical (unpaired) electrons. The van der Waals surface area contributed by atoms with E-state index in [1.54, 1.807) is 42.5 Å². The van der Waals surface area contributed by atoms with Crippen molar-refractivity contribution in [3.63, 3.8) is 0 Å². The van der Waals surface area contributed by atoms with Gasteiger partial charge in [0, 0.05) is 22.9 Å². The second-order valence-corrected chi connectivity index (χ2v) is 10.5. The van der Waals surface area contributed by atoms with Gasteiger partial charge in [-0.05, 0) is 74.2 Å². The van der Waals surface area contributed by atoms with Gasteiger partial charge in [-0.25, -0.2) is 0 Å². The number of rotatable bonds is 9. The highest BCUT2D eigenvalue weighted by atomic mass is 16.5. The number of aliphatic hydroxyl groups is 1. The molecule has 0 aliphatic carbocycles. The molecule has 1 atom stereocenters. The van der Waals surface area contributed by atoms with Crippen molar-refractivity contribution < 1.29 is 28.9 Å². The van der Waals surface area contributed by atoms with Crippen LogP contribution in [0.2, 0.25) is 0 Å². The van der Waals surface area contributed by atoms with Crippen LogP contribution < -0.4 is 19.1 Å². The molecular weight excluding hydrogens is 506 g/mol. The van der Waals surface area contributed by atoms with E-state index < -0.39 is 17.7 Å². The Morgan fingerprint density at radius 1 is 0.825 bits per heavy atom. The van der Waals surface area contributed by atoms with Crippen LogP contribution in [-0.2, 0) is 15.0 Å². The first-order valence-electron chi connectivity index (χ1n) is 13.6. The molecule has 1 saturated heterocycles. The molecule has 1 unspecified atom stereocenters. The number of hydrogen-bond donors (Lipinski definition) is 1. The van der Waals surface area contributed by atoms with Crippen molar-refractivity contribution in [2.45, 2.75) is 53.0 Å². The lowest BCUT2D eigenvalue weighted by Gasteiger charge is -2.26. The lowest BCUT2D eigenvalue weighted by atomic mass is 9.84. The molecule has 210 valence electrons. The molecule has 1 heterocycles. The smallest absolute Gasteiger partial charge is 0.300 e. The fourth-order valence-corrected chi connectivity index (χ4v) is 4.95. The van der Waals surface area contributed by atoms with Gasteiger partial charge in [0.2, 0.25) is 0 Å². The van der Waals surface area contributed by atoms with E-state index in [1.807, 2.05) is 45.0 Å². The minimum absolute atomic E-state index is 0.00415. The average molecular weight is 544 g/mol. The number of amides is 1. The first-order valence-corrected chi connectivity index (χ1v) is 13.6. The van der Waals surface area contributed by atoms with Crippen LogP contribution in [0.3, 0.4) is 0 Å². The van der Waals surface area contributed by atoms with Crippen LogP contribution in [0.15, 0.2) is 72.3 Å². The number of carbonyl (C=O) groups excluding carboxylic acids is 2. The van der Waals surface area contributed by atoms with E-state index in [9.17, 15) is 14.7 Å². The highest BCUT2D eigenvalue weighted by molar-refractivity contribution is 6.51. The van der Waals surface area contributed by atoms with E-state index in [0.29, 0.717) is 53.9 Å². The van der Waals surface area contributed by atoms with Crippen LogP contribution in [0, 0.1) is 0 Å². The maximum atomic E-state index is 13.7. The zero-order valence-electron chi connectivity index (χ0n) is 24.0. The Morgan fingerprint density at radius 2 is 1.45 bits per heavy atom. The number of nitrogens with zero attached hydrogens (tertiary/aromatic N) is 1. The Hall–Kier alpha value is -4.26. The summed E-state index contributed by atoms with van der Waals surface area (Å²) in [6.07, 6.45) is 0. The summed E-state index contributed by atoms with van der Waals surface area (Å²) in [6, 6.07) is 18.7. The van der Waals surface area contributed by atoms with E-state index in [-0.39, 0.29) is 16.7 Å². The molecule has 1 aliphatic rings. The minimum Gasteiger partial charge on any atom is -0.507 e. The third-order valence-corrected chi connectivity index (χ3v) is 6.70. The summed E-state index contributed by atoms with van der Waals surface area (Å²) in [7, 11) is 0. The molecule has 0 spiro atoms. The van der Waals surface area contributed by atoms with Gasteiger partial charge in [-0.2, -0.15) is 0 Å². The van der Waals surface area contributed by atoms with Crippen LogP contribution in [0.4, 0.5) is 5.69 Å². The SMILES string of the molecule is CCOc1cccc(C2/C(=C(\O)c3ccc(OCC)c(C(C)(C)C)c3)C(=O)C(=O)N2c2cccc(OCC)c2)c1. The van der Waals surface area contributed by atoms with E-state index in [1.165, 1.54) is 4.90 Å². The zero-order valence-corrected chi connectivity index (χ0v) is 24.0. The molecule has 7 nitrogen and oxygen atoms in total. The van der Waals surface area contributed by atoms with Crippen molar-refractivity contribution in [3.05, 3.63) is 89.0 Å². The van der Waals surface area contributed by atoms with Gasteiger partial charge in [0.15, 0.2) is 0 Å². The molecule has 1 amide bonds. The van der Waals surface area contributed by atoms with Crippen LogP contribution in [0.25, 0.3) is 5.76 Å². The van der Waals surface area contributed by atoms with Gasteiger partial charge in [-0.1, -0.05) is 39.0 Å². The van der Waals surface area contributed by atoms with E-state index in [0.717, 1.165) is 5.56 Å². The third-order valence-electron chi connectivity index (χ3n) is 6.70. The summed E-state index contributed by atoms with van der Waals surface area (Å²) in [5.74, 6) is 0.138. The summed E-state index contributed by atoms with van der Waals surface area (Å²) >= 11 is 0. The molecule has 1 fully saturated rings. The summed E-state index contributed by atoms with van der Waals surface area (Å²) in [5, 5.41) is 11.7.